The second kappa shape index (κ2) is 6.28. The van der Waals surface area contributed by atoms with Gasteiger partial charge in [0.2, 0.25) is 0 Å². The molecule has 1 aromatic heterocycles. The number of aryl methyl sites for hydroxylation is 2. The van der Waals surface area contributed by atoms with Gasteiger partial charge in [0, 0.05) is 6.20 Å². The third-order valence-corrected chi connectivity index (χ3v) is 4.03. The summed E-state index contributed by atoms with van der Waals surface area (Å²) in [7, 11) is 1.38. The van der Waals surface area contributed by atoms with Gasteiger partial charge in [-0.3, -0.25) is 0 Å². The van der Waals surface area contributed by atoms with E-state index in [1.807, 2.05) is 36.9 Å². The largest absolute Gasteiger partial charge is 0.486 e. The Bertz CT molecular complexity index is 704. The van der Waals surface area contributed by atoms with Crippen LogP contribution in [0.25, 0.3) is 0 Å². The lowest BCUT2D eigenvalue weighted by atomic mass is 10.1. The van der Waals surface area contributed by atoms with E-state index in [4.69, 9.17) is 9.47 Å². The molecule has 120 valence electrons. The molecule has 0 saturated carbocycles. The van der Waals surface area contributed by atoms with E-state index in [1.54, 1.807) is 18.3 Å². The summed E-state index contributed by atoms with van der Waals surface area (Å²) in [5, 5.41) is 0. The lowest BCUT2D eigenvalue weighted by Crippen LogP contribution is -2.54. The summed E-state index contributed by atoms with van der Waals surface area (Å²) in [6.45, 7) is 5.50. The summed E-state index contributed by atoms with van der Waals surface area (Å²) >= 11 is 0. The third-order valence-electron chi connectivity index (χ3n) is 4.03. The number of ether oxygens (including phenoxy) is 2. The molecular weight excluding hydrogens is 292 g/mol. The van der Waals surface area contributed by atoms with Gasteiger partial charge in [-0.1, -0.05) is 18.2 Å². The number of nitrogens with zero attached hydrogens (tertiary/aromatic N) is 2. The number of para-hydroxylation sites is 1. The summed E-state index contributed by atoms with van der Waals surface area (Å²) in [5.41, 5.74) is 2.76. The van der Waals surface area contributed by atoms with E-state index in [-0.39, 0.29) is 12.1 Å². The molecule has 3 rings (SSSR count). The number of hydrogen-bond donors (Lipinski definition) is 0. The first-order valence-electron chi connectivity index (χ1n) is 7.61. The number of hydrogen-bond acceptors (Lipinski definition) is 5. The van der Waals surface area contributed by atoms with E-state index in [9.17, 15) is 4.79 Å². The van der Waals surface area contributed by atoms with E-state index in [0.29, 0.717) is 24.5 Å². The van der Waals surface area contributed by atoms with Gasteiger partial charge in [-0.05, 0) is 37.1 Å². The van der Waals surface area contributed by atoms with E-state index >= 15 is 0 Å². The number of benzene rings is 1. The van der Waals surface area contributed by atoms with Gasteiger partial charge in [0.25, 0.3) is 0 Å². The maximum absolute atomic E-state index is 11.8. The van der Waals surface area contributed by atoms with Gasteiger partial charge in [-0.15, -0.1) is 0 Å². The first-order chi connectivity index (χ1) is 11.1. The van der Waals surface area contributed by atoms with Crippen molar-refractivity contribution >= 4 is 11.8 Å². The minimum absolute atomic E-state index is 0.0994. The lowest BCUT2D eigenvalue weighted by molar-refractivity contribution is 0.0600. The topological polar surface area (TPSA) is 51.7 Å². The fourth-order valence-electron chi connectivity index (χ4n) is 2.76. The van der Waals surface area contributed by atoms with Gasteiger partial charge in [0.15, 0.2) is 0 Å². The SMILES string of the molecule is COC(=O)c1cccnc1N1CC(Oc2c(C)cccc2C)C1. The number of anilines is 1. The van der Waals surface area contributed by atoms with Gasteiger partial charge in [-0.2, -0.15) is 0 Å². The Morgan fingerprint density at radius 2 is 1.87 bits per heavy atom. The second-order valence-electron chi connectivity index (χ2n) is 5.73. The molecule has 0 aliphatic carbocycles. The molecule has 1 aliphatic rings. The number of carbonyl (C=O) groups is 1. The highest BCUT2D eigenvalue weighted by molar-refractivity contribution is 5.94. The van der Waals surface area contributed by atoms with Crippen LogP contribution in [-0.4, -0.2) is 37.3 Å². The fourth-order valence-corrected chi connectivity index (χ4v) is 2.76. The zero-order chi connectivity index (χ0) is 16.4. The lowest BCUT2D eigenvalue weighted by Gasteiger charge is -2.40. The molecule has 1 aliphatic heterocycles. The van der Waals surface area contributed by atoms with Crippen LogP contribution in [0.5, 0.6) is 5.75 Å². The first-order valence-corrected chi connectivity index (χ1v) is 7.61. The average Bonchev–Trinajstić information content (AvgIpc) is 2.52. The van der Waals surface area contributed by atoms with Crippen LogP contribution in [0.4, 0.5) is 5.82 Å². The molecular formula is C18H20N2O3. The Morgan fingerprint density at radius 3 is 2.52 bits per heavy atom. The van der Waals surface area contributed by atoms with Gasteiger partial charge in [0.1, 0.15) is 23.2 Å². The van der Waals surface area contributed by atoms with Crippen LogP contribution >= 0.6 is 0 Å². The van der Waals surface area contributed by atoms with Crippen molar-refractivity contribution in [2.45, 2.75) is 20.0 Å². The average molecular weight is 312 g/mol. The molecule has 2 heterocycles. The van der Waals surface area contributed by atoms with Gasteiger partial charge < -0.3 is 14.4 Å². The first kappa shape index (κ1) is 15.3. The van der Waals surface area contributed by atoms with Crippen LogP contribution in [0.2, 0.25) is 0 Å². The maximum atomic E-state index is 11.8. The van der Waals surface area contributed by atoms with Crippen LogP contribution in [0, 0.1) is 13.8 Å². The Hall–Kier alpha value is -2.56. The predicted octanol–water partition coefficient (Wildman–Crippen LogP) is 2.75. The summed E-state index contributed by atoms with van der Waals surface area (Å²) in [4.78, 5) is 18.2. The van der Waals surface area contributed by atoms with Crippen molar-refractivity contribution in [3.05, 3.63) is 53.2 Å². The number of rotatable bonds is 4. The smallest absolute Gasteiger partial charge is 0.341 e. The van der Waals surface area contributed by atoms with Gasteiger partial charge >= 0.3 is 5.97 Å². The fraction of sp³-hybridized carbons (Fsp3) is 0.333. The van der Waals surface area contributed by atoms with Crippen molar-refractivity contribution in [2.75, 3.05) is 25.1 Å². The van der Waals surface area contributed by atoms with Gasteiger partial charge in [0.05, 0.1) is 20.2 Å². The molecule has 5 heteroatoms. The van der Waals surface area contributed by atoms with Crippen LogP contribution in [0.15, 0.2) is 36.5 Å². The Balaban J connectivity index is 1.69. The highest BCUT2D eigenvalue weighted by Gasteiger charge is 2.32. The summed E-state index contributed by atoms with van der Waals surface area (Å²) in [6, 6.07) is 9.59. The molecule has 0 amide bonds. The molecule has 1 aromatic carbocycles. The minimum Gasteiger partial charge on any atom is -0.486 e. The van der Waals surface area contributed by atoms with Crippen molar-refractivity contribution in [1.29, 1.82) is 0 Å². The molecule has 0 radical (unpaired) electrons. The zero-order valence-electron chi connectivity index (χ0n) is 13.6. The van der Waals surface area contributed by atoms with E-state index < -0.39 is 0 Å². The Kier molecular flexibility index (Phi) is 4.19. The normalized spacial score (nSPS) is 14.3. The van der Waals surface area contributed by atoms with Crippen LogP contribution in [-0.2, 0) is 4.74 Å². The standard InChI is InChI=1S/C18H20N2O3/c1-12-6-4-7-13(2)16(12)23-14-10-20(11-14)17-15(18(21)22-3)8-5-9-19-17/h4-9,14H,10-11H2,1-3H3. The quantitative estimate of drug-likeness (QED) is 0.813. The van der Waals surface area contributed by atoms with Crippen molar-refractivity contribution in [3.63, 3.8) is 0 Å². The molecule has 0 bridgehead atoms. The molecule has 0 unspecified atom stereocenters. The van der Waals surface area contributed by atoms with Crippen molar-refractivity contribution in [2.24, 2.45) is 0 Å². The summed E-state index contributed by atoms with van der Waals surface area (Å²) in [5.74, 6) is 1.24. The van der Waals surface area contributed by atoms with Crippen LogP contribution in [0.1, 0.15) is 21.5 Å². The monoisotopic (exact) mass is 312 g/mol. The number of methoxy groups -OCH3 is 1. The third kappa shape index (κ3) is 2.99. The maximum Gasteiger partial charge on any atom is 0.341 e. The molecule has 1 saturated heterocycles. The van der Waals surface area contributed by atoms with E-state index in [1.165, 1.54) is 7.11 Å². The predicted molar refractivity (Wildman–Crippen MR) is 88.1 cm³/mol. The van der Waals surface area contributed by atoms with Crippen LogP contribution in [0.3, 0.4) is 0 Å². The summed E-state index contributed by atoms with van der Waals surface area (Å²) < 4.78 is 10.9. The minimum atomic E-state index is -0.368. The molecule has 0 spiro atoms. The summed E-state index contributed by atoms with van der Waals surface area (Å²) in [6.07, 6.45) is 1.78. The molecule has 0 atom stereocenters. The molecule has 23 heavy (non-hydrogen) atoms. The zero-order valence-corrected chi connectivity index (χ0v) is 13.6. The van der Waals surface area contributed by atoms with Crippen molar-refractivity contribution in [1.82, 2.24) is 4.98 Å². The van der Waals surface area contributed by atoms with Crippen molar-refractivity contribution < 1.29 is 14.3 Å². The highest BCUT2D eigenvalue weighted by atomic mass is 16.5. The Morgan fingerprint density at radius 1 is 1.17 bits per heavy atom. The van der Waals surface area contributed by atoms with E-state index in [2.05, 4.69) is 4.98 Å². The van der Waals surface area contributed by atoms with Crippen LogP contribution < -0.4 is 9.64 Å². The second-order valence-corrected chi connectivity index (χ2v) is 5.73. The molecule has 5 nitrogen and oxygen atoms in total. The Labute approximate surface area is 135 Å². The van der Waals surface area contributed by atoms with Crippen molar-refractivity contribution in [3.8, 4) is 5.75 Å². The number of carbonyl (C=O) groups excluding carboxylic acids is 1. The number of aromatic nitrogens is 1. The number of pyridine rings is 1. The molecule has 2 aromatic rings. The highest BCUT2D eigenvalue weighted by Crippen LogP contribution is 2.29. The van der Waals surface area contributed by atoms with Gasteiger partial charge in [-0.25, -0.2) is 9.78 Å². The number of esters is 1. The molecule has 1 fully saturated rings. The molecule has 0 N–H and O–H groups in total. The van der Waals surface area contributed by atoms with E-state index in [0.717, 1.165) is 16.9 Å².